The first-order valence-corrected chi connectivity index (χ1v) is 6.03. The molecular formula is C13H19NO2. The van der Waals surface area contributed by atoms with E-state index in [2.05, 4.69) is 25.2 Å². The highest BCUT2D eigenvalue weighted by atomic mass is 16.4. The minimum Gasteiger partial charge on any atom is -0.465 e. The summed E-state index contributed by atoms with van der Waals surface area (Å²) in [5, 5.41) is 8.95. The molecule has 2 aliphatic rings. The van der Waals surface area contributed by atoms with Crippen molar-refractivity contribution in [1.82, 2.24) is 4.90 Å². The van der Waals surface area contributed by atoms with Gasteiger partial charge in [0.25, 0.3) is 0 Å². The predicted molar refractivity (Wildman–Crippen MR) is 63.3 cm³/mol. The predicted octanol–water partition coefficient (Wildman–Crippen LogP) is 2.90. The molecule has 0 radical (unpaired) electrons. The van der Waals surface area contributed by atoms with Crippen molar-refractivity contribution in [3.63, 3.8) is 0 Å². The lowest BCUT2D eigenvalue weighted by Crippen LogP contribution is -2.42. The number of carboxylic acid groups (broad SMARTS) is 1. The lowest BCUT2D eigenvalue weighted by molar-refractivity contribution is 0.110. The third-order valence-corrected chi connectivity index (χ3v) is 3.63. The van der Waals surface area contributed by atoms with Crippen LogP contribution >= 0.6 is 0 Å². The van der Waals surface area contributed by atoms with E-state index in [4.69, 9.17) is 5.11 Å². The Morgan fingerprint density at radius 2 is 2.31 bits per heavy atom. The summed E-state index contributed by atoms with van der Waals surface area (Å²) in [5.41, 5.74) is 1.42. The Labute approximate surface area is 96.4 Å². The molecule has 0 saturated carbocycles. The molecule has 3 nitrogen and oxygen atoms in total. The molecule has 0 aromatic carbocycles. The van der Waals surface area contributed by atoms with Crippen LogP contribution in [-0.2, 0) is 0 Å². The van der Waals surface area contributed by atoms with Crippen LogP contribution in [0, 0.1) is 11.8 Å². The lowest BCUT2D eigenvalue weighted by atomic mass is 9.79. The highest BCUT2D eigenvalue weighted by molar-refractivity contribution is 5.65. The van der Waals surface area contributed by atoms with Gasteiger partial charge < -0.3 is 10.0 Å². The van der Waals surface area contributed by atoms with Gasteiger partial charge in [-0.15, -0.1) is 0 Å². The van der Waals surface area contributed by atoms with E-state index in [1.54, 1.807) is 0 Å². The molecule has 1 heterocycles. The molecule has 1 aliphatic heterocycles. The Balaban J connectivity index is 2.01. The highest BCUT2D eigenvalue weighted by Gasteiger charge is 2.29. The van der Waals surface area contributed by atoms with Crippen molar-refractivity contribution in [2.45, 2.75) is 26.2 Å². The van der Waals surface area contributed by atoms with Gasteiger partial charge in [-0.05, 0) is 36.7 Å². The minimum atomic E-state index is -0.779. The molecule has 1 fully saturated rings. The number of carbonyl (C=O) groups is 1. The first kappa shape index (κ1) is 11.2. The number of piperidine rings is 1. The van der Waals surface area contributed by atoms with Crippen LogP contribution in [0.1, 0.15) is 26.2 Å². The zero-order valence-corrected chi connectivity index (χ0v) is 9.72. The number of nitrogens with zero attached hydrogens (tertiary/aromatic N) is 1. The maximum Gasteiger partial charge on any atom is 0.407 e. The Bertz CT molecular complexity index is 333. The summed E-state index contributed by atoms with van der Waals surface area (Å²) in [5.74, 6) is 0.978. The number of hydrogen-bond acceptors (Lipinski definition) is 1. The van der Waals surface area contributed by atoms with Gasteiger partial charge in [-0.3, -0.25) is 0 Å². The van der Waals surface area contributed by atoms with Crippen molar-refractivity contribution in [3.8, 4) is 0 Å². The quantitative estimate of drug-likeness (QED) is 0.739. The molecule has 0 spiro atoms. The molecule has 2 atom stereocenters. The van der Waals surface area contributed by atoms with Gasteiger partial charge in [-0.1, -0.05) is 25.2 Å². The van der Waals surface area contributed by atoms with E-state index >= 15 is 0 Å². The van der Waals surface area contributed by atoms with Crippen molar-refractivity contribution in [2.75, 3.05) is 13.1 Å². The Morgan fingerprint density at radius 1 is 1.50 bits per heavy atom. The maximum absolute atomic E-state index is 10.9. The zero-order chi connectivity index (χ0) is 11.5. The molecule has 2 unspecified atom stereocenters. The molecule has 0 bridgehead atoms. The van der Waals surface area contributed by atoms with Crippen LogP contribution in [0.2, 0.25) is 0 Å². The first-order chi connectivity index (χ1) is 7.68. The minimum absolute atomic E-state index is 0.429. The van der Waals surface area contributed by atoms with Crippen LogP contribution in [0.4, 0.5) is 4.79 Å². The van der Waals surface area contributed by atoms with E-state index in [1.807, 2.05) is 0 Å². The van der Waals surface area contributed by atoms with E-state index in [9.17, 15) is 4.79 Å². The molecule has 0 aromatic rings. The summed E-state index contributed by atoms with van der Waals surface area (Å²) in [6.45, 7) is 3.50. The Kier molecular flexibility index (Phi) is 3.32. The number of likely N-dealkylation sites (tertiary alicyclic amines) is 1. The fourth-order valence-electron chi connectivity index (χ4n) is 2.72. The standard InChI is InChI=1S/C13H19NO2/c1-10-9-14(13(15)16)8-7-12(10)11-5-3-2-4-6-11/h3,5-6,10,12H,2,4,7-9H2,1H3,(H,15,16). The topological polar surface area (TPSA) is 40.5 Å². The summed E-state index contributed by atoms with van der Waals surface area (Å²) in [7, 11) is 0. The maximum atomic E-state index is 10.9. The SMILES string of the molecule is CC1CN(C(=O)O)CCC1C1=CCCC=C1. The Hall–Kier alpha value is -1.25. The zero-order valence-electron chi connectivity index (χ0n) is 9.72. The second-order valence-corrected chi connectivity index (χ2v) is 4.78. The van der Waals surface area contributed by atoms with Crippen molar-refractivity contribution in [1.29, 1.82) is 0 Å². The van der Waals surface area contributed by atoms with E-state index in [1.165, 1.54) is 10.5 Å². The average Bonchev–Trinajstić information content (AvgIpc) is 2.30. The molecular weight excluding hydrogens is 202 g/mol. The van der Waals surface area contributed by atoms with Gasteiger partial charge in [0, 0.05) is 13.1 Å². The molecule has 1 saturated heterocycles. The van der Waals surface area contributed by atoms with Crippen LogP contribution in [0.25, 0.3) is 0 Å². The third-order valence-electron chi connectivity index (χ3n) is 3.63. The van der Waals surface area contributed by atoms with E-state index in [0.29, 0.717) is 24.9 Å². The van der Waals surface area contributed by atoms with Gasteiger partial charge in [-0.2, -0.15) is 0 Å². The largest absolute Gasteiger partial charge is 0.465 e. The number of allylic oxidation sites excluding steroid dienone is 4. The van der Waals surface area contributed by atoms with Gasteiger partial charge in [0.2, 0.25) is 0 Å². The fraction of sp³-hybridized carbons (Fsp3) is 0.615. The summed E-state index contributed by atoms with van der Waals surface area (Å²) >= 11 is 0. The molecule has 16 heavy (non-hydrogen) atoms. The number of amides is 1. The highest BCUT2D eigenvalue weighted by Crippen LogP contribution is 2.32. The van der Waals surface area contributed by atoms with Crippen LogP contribution < -0.4 is 0 Å². The molecule has 0 aromatic heterocycles. The normalized spacial score (nSPS) is 30.1. The fourth-order valence-corrected chi connectivity index (χ4v) is 2.72. The lowest BCUT2D eigenvalue weighted by Gasteiger charge is -2.36. The monoisotopic (exact) mass is 221 g/mol. The van der Waals surface area contributed by atoms with Crippen molar-refractivity contribution in [3.05, 3.63) is 23.8 Å². The van der Waals surface area contributed by atoms with Gasteiger partial charge in [0.1, 0.15) is 0 Å². The number of rotatable bonds is 1. The molecule has 1 N–H and O–H groups in total. The summed E-state index contributed by atoms with van der Waals surface area (Å²) in [4.78, 5) is 12.4. The third kappa shape index (κ3) is 2.29. The van der Waals surface area contributed by atoms with Gasteiger partial charge in [0.05, 0.1) is 0 Å². The van der Waals surface area contributed by atoms with E-state index < -0.39 is 6.09 Å². The van der Waals surface area contributed by atoms with Gasteiger partial charge in [0.15, 0.2) is 0 Å². The molecule has 3 heteroatoms. The second-order valence-electron chi connectivity index (χ2n) is 4.78. The molecule has 88 valence electrons. The summed E-state index contributed by atoms with van der Waals surface area (Å²) in [6.07, 6.45) is 9.23. The van der Waals surface area contributed by atoms with Crippen LogP contribution in [0.5, 0.6) is 0 Å². The van der Waals surface area contributed by atoms with Gasteiger partial charge >= 0.3 is 6.09 Å². The smallest absolute Gasteiger partial charge is 0.407 e. The van der Waals surface area contributed by atoms with Crippen LogP contribution in [-0.4, -0.2) is 29.2 Å². The van der Waals surface area contributed by atoms with E-state index in [0.717, 1.165) is 19.3 Å². The van der Waals surface area contributed by atoms with Crippen molar-refractivity contribution in [2.24, 2.45) is 11.8 Å². The van der Waals surface area contributed by atoms with Gasteiger partial charge in [-0.25, -0.2) is 4.79 Å². The first-order valence-electron chi connectivity index (χ1n) is 6.03. The Morgan fingerprint density at radius 3 is 2.88 bits per heavy atom. The van der Waals surface area contributed by atoms with Crippen molar-refractivity contribution >= 4 is 6.09 Å². The molecule has 1 aliphatic carbocycles. The van der Waals surface area contributed by atoms with Crippen molar-refractivity contribution < 1.29 is 9.90 Å². The second kappa shape index (κ2) is 4.73. The summed E-state index contributed by atoms with van der Waals surface area (Å²) in [6, 6.07) is 0. The van der Waals surface area contributed by atoms with Crippen LogP contribution in [0.15, 0.2) is 23.8 Å². The molecule has 2 rings (SSSR count). The average molecular weight is 221 g/mol. The summed E-state index contributed by atoms with van der Waals surface area (Å²) < 4.78 is 0. The molecule has 1 amide bonds. The number of hydrogen-bond donors (Lipinski definition) is 1. The van der Waals surface area contributed by atoms with E-state index in [-0.39, 0.29) is 0 Å². The van der Waals surface area contributed by atoms with Crippen LogP contribution in [0.3, 0.4) is 0 Å².